The average molecular weight is 259 g/mol. The second kappa shape index (κ2) is 4.23. The summed E-state index contributed by atoms with van der Waals surface area (Å²) in [4.78, 5) is 14.2. The van der Waals surface area contributed by atoms with Crippen LogP contribution in [0.25, 0.3) is 0 Å². The molecule has 2 atom stereocenters. The van der Waals surface area contributed by atoms with E-state index in [2.05, 4.69) is 11.0 Å². The predicted octanol–water partition coefficient (Wildman–Crippen LogP) is 2.10. The van der Waals surface area contributed by atoms with Crippen LogP contribution in [0.2, 0.25) is 0 Å². The number of piperidine rings is 1. The molecular weight excluding hydrogens is 242 g/mol. The van der Waals surface area contributed by atoms with Gasteiger partial charge in [-0.3, -0.25) is 4.79 Å². The summed E-state index contributed by atoms with van der Waals surface area (Å²) in [5.74, 6) is 1.000. The van der Waals surface area contributed by atoms with Crippen molar-refractivity contribution in [1.29, 1.82) is 0 Å². The molecule has 2 fully saturated rings. The summed E-state index contributed by atoms with van der Waals surface area (Å²) in [6.07, 6.45) is 9.94. The maximum absolute atomic E-state index is 12.1. The summed E-state index contributed by atoms with van der Waals surface area (Å²) in [5, 5.41) is 0. The van der Waals surface area contributed by atoms with Gasteiger partial charge in [0.2, 0.25) is 0 Å². The van der Waals surface area contributed by atoms with Crippen molar-refractivity contribution in [1.82, 2.24) is 4.90 Å². The smallest absolute Gasteiger partial charge is 0.199 e. The fourth-order valence-electron chi connectivity index (χ4n) is 3.26. The quantitative estimate of drug-likeness (QED) is 0.761. The lowest BCUT2D eigenvalue weighted by molar-refractivity contribution is -0.153. The van der Waals surface area contributed by atoms with Crippen molar-refractivity contribution in [3.05, 3.63) is 35.4 Å². The fraction of sp³-hybridized carbons (Fsp3) is 0.533. The van der Waals surface area contributed by atoms with Gasteiger partial charge in [-0.15, -0.1) is 0 Å². The highest BCUT2D eigenvalue weighted by Gasteiger charge is 2.43. The number of hydrogen-bond acceptors (Lipinski definition) is 4. The molecule has 0 aromatic heterocycles. The minimum atomic E-state index is -0.174. The number of ketones is 1. The van der Waals surface area contributed by atoms with Gasteiger partial charge in [0.15, 0.2) is 12.1 Å². The molecule has 19 heavy (non-hydrogen) atoms. The van der Waals surface area contributed by atoms with Gasteiger partial charge in [0.1, 0.15) is 5.76 Å². The zero-order chi connectivity index (χ0) is 12.8. The maximum Gasteiger partial charge on any atom is 0.199 e. The van der Waals surface area contributed by atoms with Gasteiger partial charge in [-0.05, 0) is 25.0 Å². The molecule has 0 spiro atoms. The van der Waals surface area contributed by atoms with Gasteiger partial charge in [0.25, 0.3) is 0 Å². The zero-order valence-corrected chi connectivity index (χ0v) is 10.8. The standard InChI is InChI=1S/C15H17NO3/c17-13-9-16-10-4-3-5-12(16)15(11(13)8-10)19-14-6-1-2-7-18-14/h3-5,11,14H,1-2,6-9H2. The first-order valence-corrected chi connectivity index (χ1v) is 7.03. The lowest BCUT2D eigenvalue weighted by atomic mass is 9.83. The van der Waals surface area contributed by atoms with Crippen molar-refractivity contribution < 1.29 is 14.3 Å². The Hall–Kier alpha value is -1.55. The number of carbonyl (C=O) groups excluding carboxylic acids is 1. The van der Waals surface area contributed by atoms with Crippen LogP contribution in [0.5, 0.6) is 0 Å². The minimum absolute atomic E-state index is 0.0956. The number of Topliss-reactive ketones (excluding diaryl/α,β-unsaturated/α-hetero) is 1. The predicted molar refractivity (Wildman–Crippen MR) is 68.7 cm³/mol. The van der Waals surface area contributed by atoms with E-state index in [1.165, 1.54) is 5.70 Å². The van der Waals surface area contributed by atoms with E-state index in [0.717, 1.165) is 43.7 Å². The van der Waals surface area contributed by atoms with E-state index in [1.54, 1.807) is 0 Å². The van der Waals surface area contributed by atoms with Crippen LogP contribution in [0.15, 0.2) is 35.4 Å². The van der Waals surface area contributed by atoms with Crippen LogP contribution in [0, 0.1) is 5.92 Å². The van der Waals surface area contributed by atoms with Crippen molar-refractivity contribution in [3.63, 3.8) is 0 Å². The molecule has 0 amide bonds. The third-order valence-corrected chi connectivity index (χ3v) is 4.26. The van der Waals surface area contributed by atoms with Gasteiger partial charge in [0, 0.05) is 18.5 Å². The highest BCUT2D eigenvalue weighted by Crippen LogP contribution is 2.43. The first-order chi connectivity index (χ1) is 9.33. The number of hydrogen-bond donors (Lipinski definition) is 0. The molecule has 5 heterocycles. The van der Waals surface area contributed by atoms with Crippen molar-refractivity contribution in [2.75, 3.05) is 13.2 Å². The van der Waals surface area contributed by atoms with Crippen molar-refractivity contribution >= 4 is 5.78 Å². The third kappa shape index (κ3) is 1.74. The molecule has 0 aromatic rings. The van der Waals surface area contributed by atoms with Gasteiger partial charge in [-0.2, -0.15) is 0 Å². The molecule has 0 aliphatic carbocycles. The van der Waals surface area contributed by atoms with Crippen LogP contribution in [0.1, 0.15) is 25.7 Å². The Labute approximate surface area is 112 Å². The van der Waals surface area contributed by atoms with Gasteiger partial charge in [-0.25, -0.2) is 0 Å². The molecular formula is C15H17NO3. The summed E-state index contributed by atoms with van der Waals surface area (Å²) < 4.78 is 11.7. The highest BCUT2D eigenvalue weighted by molar-refractivity contribution is 5.89. The number of allylic oxidation sites excluding steroid dienone is 5. The first kappa shape index (κ1) is 11.3. The average Bonchev–Trinajstić information content (AvgIpc) is 2.43. The number of nitrogens with zero attached hydrogens (tertiary/aromatic N) is 1. The first-order valence-electron chi connectivity index (χ1n) is 7.03. The van der Waals surface area contributed by atoms with Crippen LogP contribution in [0.3, 0.4) is 0 Å². The summed E-state index contributed by atoms with van der Waals surface area (Å²) in [6, 6.07) is 0. The van der Waals surface area contributed by atoms with Crippen LogP contribution < -0.4 is 0 Å². The van der Waals surface area contributed by atoms with Crippen molar-refractivity contribution in [2.45, 2.75) is 32.0 Å². The Morgan fingerprint density at radius 1 is 1.37 bits per heavy atom. The Bertz CT molecular complexity index is 511. The van der Waals surface area contributed by atoms with Crippen LogP contribution in [-0.4, -0.2) is 30.1 Å². The van der Waals surface area contributed by atoms with E-state index in [9.17, 15) is 4.79 Å². The summed E-state index contributed by atoms with van der Waals surface area (Å²) in [7, 11) is 0. The fourth-order valence-corrected chi connectivity index (χ4v) is 3.26. The normalized spacial score (nSPS) is 32.7. The highest BCUT2D eigenvalue weighted by atomic mass is 16.7. The molecule has 0 radical (unpaired) electrons. The molecule has 2 saturated heterocycles. The molecule has 4 heteroatoms. The molecule has 4 bridgehead atoms. The van der Waals surface area contributed by atoms with Gasteiger partial charge in [0.05, 0.1) is 24.8 Å². The molecule has 4 nitrogen and oxygen atoms in total. The minimum Gasteiger partial charge on any atom is -0.466 e. The number of rotatable bonds is 2. The largest absolute Gasteiger partial charge is 0.466 e. The number of ether oxygens (including phenoxy) is 2. The topological polar surface area (TPSA) is 38.8 Å². The van der Waals surface area contributed by atoms with E-state index in [1.807, 2.05) is 12.2 Å². The van der Waals surface area contributed by atoms with E-state index >= 15 is 0 Å². The van der Waals surface area contributed by atoms with Gasteiger partial charge < -0.3 is 14.4 Å². The summed E-state index contributed by atoms with van der Waals surface area (Å²) in [6.45, 7) is 1.26. The van der Waals surface area contributed by atoms with Crippen LogP contribution in [-0.2, 0) is 14.3 Å². The molecule has 0 N–H and O–H groups in total. The number of fused-ring (bicyclic) bond motifs is 1. The van der Waals surface area contributed by atoms with E-state index in [0.29, 0.717) is 6.54 Å². The maximum atomic E-state index is 12.1. The van der Waals surface area contributed by atoms with E-state index in [-0.39, 0.29) is 18.0 Å². The second-order valence-electron chi connectivity index (χ2n) is 5.49. The molecule has 5 aliphatic rings. The van der Waals surface area contributed by atoms with Crippen LogP contribution in [0.4, 0.5) is 0 Å². The molecule has 100 valence electrons. The molecule has 0 aromatic carbocycles. The van der Waals surface area contributed by atoms with Gasteiger partial charge >= 0.3 is 0 Å². The second-order valence-corrected chi connectivity index (χ2v) is 5.49. The molecule has 0 saturated carbocycles. The van der Waals surface area contributed by atoms with Crippen molar-refractivity contribution in [3.8, 4) is 0 Å². The lowest BCUT2D eigenvalue weighted by Gasteiger charge is -2.45. The number of carbonyl (C=O) groups is 1. The Morgan fingerprint density at radius 3 is 3.16 bits per heavy atom. The monoisotopic (exact) mass is 259 g/mol. The molecule has 5 aliphatic heterocycles. The summed E-state index contributed by atoms with van der Waals surface area (Å²) in [5.41, 5.74) is 2.29. The summed E-state index contributed by atoms with van der Waals surface area (Å²) >= 11 is 0. The lowest BCUT2D eigenvalue weighted by Crippen LogP contribution is -2.47. The Kier molecular flexibility index (Phi) is 2.52. The van der Waals surface area contributed by atoms with Gasteiger partial charge in [-0.1, -0.05) is 6.08 Å². The molecule has 5 rings (SSSR count). The zero-order valence-electron chi connectivity index (χ0n) is 10.8. The Morgan fingerprint density at radius 2 is 2.32 bits per heavy atom. The van der Waals surface area contributed by atoms with E-state index in [4.69, 9.17) is 9.47 Å². The SMILES string of the molecule is O=C1CN2C3=CC=CC2=C(OC2CCCCO2)C1C3. The third-order valence-electron chi connectivity index (χ3n) is 4.26. The van der Waals surface area contributed by atoms with Crippen molar-refractivity contribution in [2.24, 2.45) is 5.92 Å². The van der Waals surface area contributed by atoms with E-state index < -0.39 is 0 Å². The molecule has 2 unspecified atom stereocenters. The Balaban J connectivity index is 1.66. The van der Waals surface area contributed by atoms with Crippen LogP contribution >= 0.6 is 0 Å².